The Bertz CT molecular complexity index is 1270. The Hall–Kier alpha value is -1.80. The zero-order valence-corrected chi connectivity index (χ0v) is 45.5. The normalized spacial score (nSPS) is 14.4. The van der Waals surface area contributed by atoms with Crippen molar-refractivity contribution >= 4 is 13.7 Å². The van der Waals surface area contributed by atoms with Crippen molar-refractivity contribution in [3.8, 4) is 0 Å². The summed E-state index contributed by atoms with van der Waals surface area (Å²) in [4.78, 5) is 25.5. The van der Waals surface area contributed by atoms with E-state index < -0.39 is 20.0 Å². The largest absolute Gasteiger partial charge is 0.756 e. The first-order chi connectivity index (χ1) is 32.5. The maximum Gasteiger partial charge on any atom is 0.268 e. The SMILES string of the molecule is CC/C=C\C/C=C\C/C=C\C/C=C\C/C=C\CCCCCCCCCCCCCC(=O)NC(COP(=O)([O-])OCC[N+](C)(C)C)C(O)CCCCCCCCCCCCCCCCCCCC. The molecule has 392 valence electrons. The van der Waals surface area contributed by atoms with E-state index in [-0.39, 0.29) is 19.1 Å². The highest BCUT2D eigenvalue weighted by atomic mass is 31.2. The van der Waals surface area contributed by atoms with Gasteiger partial charge in [0.25, 0.3) is 7.82 Å². The van der Waals surface area contributed by atoms with Gasteiger partial charge in [-0.25, -0.2) is 0 Å². The van der Waals surface area contributed by atoms with Crippen LogP contribution in [0.3, 0.4) is 0 Å². The van der Waals surface area contributed by atoms with E-state index in [1.165, 1.54) is 154 Å². The summed E-state index contributed by atoms with van der Waals surface area (Å²) in [5.74, 6) is -0.168. The molecule has 67 heavy (non-hydrogen) atoms. The average molecular weight is 961 g/mol. The van der Waals surface area contributed by atoms with Gasteiger partial charge in [0.2, 0.25) is 5.91 Å². The minimum Gasteiger partial charge on any atom is -0.756 e. The Morgan fingerprint density at radius 2 is 0.910 bits per heavy atom. The van der Waals surface area contributed by atoms with Crippen molar-refractivity contribution in [1.82, 2.24) is 5.32 Å². The van der Waals surface area contributed by atoms with Crippen LogP contribution in [0.2, 0.25) is 0 Å². The van der Waals surface area contributed by atoms with Gasteiger partial charge >= 0.3 is 0 Å². The number of amides is 1. The molecule has 0 aromatic carbocycles. The van der Waals surface area contributed by atoms with Crippen LogP contribution >= 0.6 is 7.82 Å². The summed E-state index contributed by atoms with van der Waals surface area (Å²) in [7, 11) is 1.30. The minimum atomic E-state index is -4.58. The predicted octanol–water partition coefficient (Wildman–Crippen LogP) is 16.3. The quantitative estimate of drug-likeness (QED) is 0.0272. The lowest BCUT2D eigenvalue weighted by Gasteiger charge is -2.30. The molecule has 0 spiro atoms. The third kappa shape index (κ3) is 51.9. The van der Waals surface area contributed by atoms with Crippen LogP contribution in [0.5, 0.6) is 0 Å². The summed E-state index contributed by atoms with van der Waals surface area (Å²) in [6.45, 7) is 4.62. The fourth-order valence-electron chi connectivity index (χ4n) is 8.13. The third-order valence-corrected chi connectivity index (χ3v) is 13.5. The predicted molar refractivity (Wildman–Crippen MR) is 288 cm³/mol. The zero-order chi connectivity index (χ0) is 49.2. The number of phosphoric acid groups is 1. The highest BCUT2D eigenvalue weighted by molar-refractivity contribution is 7.45. The topological polar surface area (TPSA) is 108 Å². The van der Waals surface area contributed by atoms with Crippen molar-refractivity contribution in [2.75, 3.05) is 40.9 Å². The van der Waals surface area contributed by atoms with Crippen LogP contribution < -0.4 is 10.2 Å². The lowest BCUT2D eigenvalue weighted by atomic mass is 10.0. The third-order valence-electron chi connectivity index (χ3n) is 12.5. The fraction of sp³-hybridized carbons (Fsp3) is 0.810. The number of nitrogens with zero attached hydrogens (tertiary/aromatic N) is 1. The smallest absolute Gasteiger partial charge is 0.268 e. The Kier molecular flexibility index (Phi) is 47.9. The maximum atomic E-state index is 13.0. The molecule has 0 fully saturated rings. The van der Waals surface area contributed by atoms with Crippen molar-refractivity contribution in [3.63, 3.8) is 0 Å². The Balaban J connectivity index is 4.18. The van der Waals surface area contributed by atoms with Gasteiger partial charge in [-0.2, -0.15) is 0 Å². The van der Waals surface area contributed by atoms with Crippen LogP contribution in [0.25, 0.3) is 0 Å². The van der Waals surface area contributed by atoms with E-state index in [0.29, 0.717) is 23.9 Å². The molecule has 0 saturated carbocycles. The number of aliphatic hydroxyl groups excluding tert-OH is 1. The summed E-state index contributed by atoms with van der Waals surface area (Å²) in [5.41, 5.74) is 0. The van der Waals surface area contributed by atoms with Crippen LogP contribution in [0.15, 0.2) is 60.8 Å². The van der Waals surface area contributed by atoms with Gasteiger partial charge in [-0.1, -0.05) is 248 Å². The van der Waals surface area contributed by atoms with Crippen molar-refractivity contribution in [1.29, 1.82) is 0 Å². The molecular weight excluding hydrogens is 852 g/mol. The number of carbonyl (C=O) groups excluding carboxylic acids is 1. The van der Waals surface area contributed by atoms with Gasteiger partial charge in [0.05, 0.1) is 39.9 Å². The van der Waals surface area contributed by atoms with Crippen LogP contribution in [0.1, 0.15) is 251 Å². The van der Waals surface area contributed by atoms with E-state index in [0.717, 1.165) is 70.6 Å². The van der Waals surface area contributed by atoms with Crippen LogP contribution in [0.4, 0.5) is 0 Å². The lowest BCUT2D eigenvalue weighted by molar-refractivity contribution is -0.870. The van der Waals surface area contributed by atoms with E-state index >= 15 is 0 Å². The number of rotatable bonds is 51. The van der Waals surface area contributed by atoms with E-state index in [1.807, 2.05) is 21.1 Å². The number of likely N-dealkylation sites (N-methyl/N-ethyl adjacent to an activating group) is 1. The molecule has 0 aromatic heterocycles. The molecule has 0 aromatic rings. The number of hydrogen-bond donors (Lipinski definition) is 2. The van der Waals surface area contributed by atoms with Crippen molar-refractivity contribution < 1.29 is 32.9 Å². The van der Waals surface area contributed by atoms with Gasteiger partial charge in [-0.3, -0.25) is 9.36 Å². The van der Waals surface area contributed by atoms with E-state index in [9.17, 15) is 19.4 Å². The zero-order valence-electron chi connectivity index (χ0n) is 44.6. The lowest BCUT2D eigenvalue weighted by Crippen LogP contribution is -2.46. The molecule has 0 rings (SSSR count). The van der Waals surface area contributed by atoms with Gasteiger partial charge in [-0.05, 0) is 57.8 Å². The van der Waals surface area contributed by atoms with Crippen molar-refractivity contribution in [3.05, 3.63) is 60.8 Å². The number of nitrogens with one attached hydrogen (secondary N) is 1. The van der Waals surface area contributed by atoms with Crippen molar-refractivity contribution in [2.24, 2.45) is 0 Å². The van der Waals surface area contributed by atoms with E-state index in [2.05, 4.69) is 79.9 Å². The summed E-state index contributed by atoms with van der Waals surface area (Å²) in [5, 5.41) is 14.0. The highest BCUT2D eigenvalue weighted by Gasteiger charge is 2.24. The van der Waals surface area contributed by atoms with Gasteiger partial charge in [0, 0.05) is 6.42 Å². The molecular formula is C58H109N2O6P. The molecule has 2 N–H and O–H groups in total. The molecule has 0 bridgehead atoms. The summed E-state index contributed by atoms with van der Waals surface area (Å²) in [6.07, 6.45) is 65.2. The molecule has 9 heteroatoms. The first kappa shape index (κ1) is 65.2. The monoisotopic (exact) mass is 961 g/mol. The number of unbranched alkanes of at least 4 members (excludes halogenated alkanes) is 28. The van der Waals surface area contributed by atoms with Crippen LogP contribution in [0, 0.1) is 0 Å². The summed E-state index contributed by atoms with van der Waals surface area (Å²) >= 11 is 0. The molecule has 8 nitrogen and oxygen atoms in total. The summed E-state index contributed by atoms with van der Waals surface area (Å²) in [6, 6.07) is -0.805. The van der Waals surface area contributed by atoms with Gasteiger partial charge in [0.1, 0.15) is 13.2 Å². The Morgan fingerprint density at radius 1 is 0.537 bits per heavy atom. The second-order valence-corrected chi connectivity index (χ2v) is 21.7. The molecule has 0 radical (unpaired) electrons. The molecule has 0 saturated heterocycles. The molecule has 0 aliphatic heterocycles. The molecule has 1 amide bonds. The Labute approximate surface area is 415 Å². The van der Waals surface area contributed by atoms with Crippen LogP contribution in [-0.4, -0.2) is 68.5 Å². The Morgan fingerprint density at radius 3 is 1.33 bits per heavy atom. The fourth-order valence-corrected chi connectivity index (χ4v) is 8.85. The number of carbonyl (C=O) groups is 1. The number of aliphatic hydroxyl groups is 1. The van der Waals surface area contributed by atoms with E-state index in [4.69, 9.17) is 9.05 Å². The van der Waals surface area contributed by atoms with Gasteiger partial charge < -0.3 is 28.8 Å². The van der Waals surface area contributed by atoms with Gasteiger partial charge in [-0.15, -0.1) is 0 Å². The average Bonchev–Trinajstić information content (AvgIpc) is 3.29. The maximum absolute atomic E-state index is 13.0. The molecule has 0 aliphatic carbocycles. The second-order valence-electron chi connectivity index (χ2n) is 20.3. The molecule has 3 unspecified atom stereocenters. The number of phosphoric ester groups is 1. The van der Waals surface area contributed by atoms with Crippen LogP contribution in [-0.2, 0) is 18.4 Å². The standard InChI is InChI=1S/C58H109N2O6P/c1-6-8-10-12-14-16-18-20-22-24-26-27-28-29-30-31-32-33-34-36-38-40-42-44-46-48-50-52-58(62)59-56(55-66-67(63,64)65-54-53-60(3,4)5)57(61)51-49-47-45-43-41-39-37-35-25-23-21-19-17-15-13-11-9-7-2/h8,10,14,16,20,22,26-27,29-30,56-57,61H,6-7,9,11-13,15,17-19,21,23-25,28,31-55H2,1-5H3,(H-,59,62,63,64)/b10-8-,16-14-,22-20-,27-26-,30-29-. The first-order valence-electron chi connectivity index (χ1n) is 28.1. The second kappa shape index (κ2) is 49.2. The molecule has 0 heterocycles. The molecule has 3 atom stereocenters. The summed E-state index contributed by atoms with van der Waals surface area (Å²) < 4.78 is 23.4. The van der Waals surface area contributed by atoms with Crippen molar-refractivity contribution in [2.45, 2.75) is 264 Å². The number of quaternary nitrogens is 1. The number of allylic oxidation sites excluding steroid dienone is 10. The minimum absolute atomic E-state index is 0.0101. The van der Waals surface area contributed by atoms with Gasteiger partial charge in [0.15, 0.2) is 0 Å². The van der Waals surface area contributed by atoms with E-state index in [1.54, 1.807) is 0 Å². The first-order valence-corrected chi connectivity index (χ1v) is 29.6. The highest BCUT2D eigenvalue weighted by Crippen LogP contribution is 2.38. The molecule has 0 aliphatic rings. The number of hydrogen-bond acceptors (Lipinski definition) is 6.